The van der Waals surface area contributed by atoms with E-state index in [2.05, 4.69) is 21.1 Å². The number of methoxy groups -OCH3 is 4. The molecule has 9 nitrogen and oxygen atoms in total. The molecule has 0 aliphatic rings. The van der Waals surface area contributed by atoms with Crippen molar-refractivity contribution in [2.75, 3.05) is 28.4 Å². The van der Waals surface area contributed by atoms with Gasteiger partial charge < -0.3 is 18.9 Å². The Morgan fingerprint density at radius 1 is 0.750 bits per heavy atom. The van der Waals surface area contributed by atoms with E-state index in [1.165, 1.54) is 12.4 Å². The number of ether oxygens (including phenoxy) is 4. The molecule has 0 aliphatic heterocycles. The van der Waals surface area contributed by atoms with Crippen molar-refractivity contribution in [3.63, 3.8) is 0 Å². The number of hydrazone groups is 2. The first-order chi connectivity index (χ1) is 13.6. The fraction of sp³-hybridized carbons (Fsp3) is 0.211. The number of carbonyl (C=O) groups is 1. The summed E-state index contributed by atoms with van der Waals surface area (Å²) in [6, 6.07) is 9.86. The van der Waals surface area contributed by atoms with Crippen LogP contribution in [0.25, 0.3) is 0 Å². The molecule has 2 amide bonds. The van der Waals surface area contributed by atoms with Gasteiger partial charge in [-0.3, -0.25) is 0 Å². The van der Waals surface area contributed by atoms with Crippen molar-refractivity contribution in [3.05, 3.63) is 47.5 Å². The molecule has 0 bridgehead atoms. The highest BCUT2D eigenvalue weighted by Gasteiger charge is 2.04. The third-order valence-corrected chi connectivity index (χ3v) is 3.61. The summed E-state index contributed by atoms with van der Waals surface area (Å²) < 4.78 is 20.8. The van der Waals surface area contributed by atoms with Gasteiger partial charge in [0, 0.05) is 11.1 Å². The van der Waals surface area contributed by atoms with Crippen molar-refractivity contribution in [1.82, 2.24) is 10.9 Å². The monoisotopic (exact) mass is 386 g/mol. The predicted octanol–water partition coefficient (Wildman–Crippen LogP) is 2.39. The Morgan fingerprint density at radius 3 is 1.54 bits per heavy atom. The van der Waals surface area contributed by atoms with Crippen molar-refractivity contribution in [3.8, 4) is 23.0 Å². The van der Waals surface area contributed by atoms with Crippen LogP contribution in [-0.4, -0.2) is 46.9 Å². The maximum atomic E-state index is 11.8. The number of rotatable bonds is 8. The van der Waals surface area contributed by atoms with Gasteiger partial charge >= 0.3 is 6.03 Å². The summed E-state index contributed by atoms with van der Waals surface area (Å²) in [7, 11) is 6.20. The van der Waals surface area contributed by atoms with Crippen LogP contribution < -0.4 is 29.8 Å². The van der Waals surface area contributed by atoms with E-state index >= 15 is 0 Å². The standard InChI is InChI=1S/C19H22N4O5/c1-25-15-5-7-17(27-3)13(9-15)11-20-22-19(24)23-21-12-14-10-16(26-2)6-8-18(14)28-4/h5-12H,1-4H3,(H2,22,23,24). The second-order valence-electron chi connectivity index (χ2n) is 5.28. The van der Waals surface area contributed by atoms with Crippen LogP contribution in [0.15, 0.2) is 46.6 Å². The van der Waals surface area contributed by atoms with Crippen LogP contribution in [0.4, 0.5) is 4.79 Å². The molecule has 28 heavy (non-hydrogen) atoms. The minimum atomic E-state index is -0.615. The summed E-state index contributed by atoms with van der Waals surface area (Å²) in [6.45, 7) is 0. The third kappa shape index (κ3) is 5.63. The van der Waals surface area contributed by atoms with Crippen molar-refractivity contribution in [1.29, 1.82) is 0 Å². The number of hydrogen-bond donors (Lipinski definition) is 2. The summed E-state index contributed by atoms with van der Waals surface area (Å²) in [5, 5.41) is 7.74. The first-order valence-corrected chi connectivity index (χ1v) is 8.17. The first-order valence-electron chi connectivity index (χ1n) is 8.17. The molecular formula is C19H22N4O5. The first kappa shape index (κ1) is 20.6. The van der Waals surface area contributed by atoms with Crippen molar-refractivity contribution >= 4 is 18.5 Å². The number of urea groups is 1. The number of hydrogen-bond acceptors (Lipinski definition) is 7. The van der Waals surface area contributed by atoms with Crippen LogP contribution in [0.3, 0.4) is 0 Å². The lowest BCUT2D eigenvalue weighted by atomic mass is 10.2. The highest BCUT2D eigenvalue weighted by atomic mass is 16.5. The lowest BCUT2D eigenvalue weighted by Crippen LogP contribution is -2.28. The van der Waals surface area contributed by atoms with Gasteiger partial charge in [0.1, 0.15) is 23.0 Å². The lowest BCUT2D eigenvalue weighted by molar-refractivity contribution is 0.242. The quantitative estimate of drug-likeness (QED) is 0.536. The molecule has 9 heteroatoms. The Bertz CT molecular complexity index is 798. The Kier molecular flexibility index (Phi) is 7.64. The van der Waals surface area contributed by atoms with Gasteiger partial charge in [-0.15, -0.1) is 0 Å². The molecule has 0 heterocycles. The molecule has 0 radical (unpaired) electrons. The largest absolute Gasteiger partial charge is 0.497 e. The van der Waals surface area contributed by atoms with Crippen molar-refractivity contribution in [2.24, 2.45) is 10.2 Å². The van der Waals surface area contributed by atoms with Gasteiger partial charge in [0.15, 0.2) is 0 Å². The van der Waals surface area contributed by atoms with E-state index < -0.39 is 6.03 Å². The minimum absolute atomic E-state index is 0.592. The number of benzene rings is 2. The van der Waals surface area contributed by atoms with Crippen LogP contribution in [-0.2, 0) is 0 Å². The normalized spacial score (nSPS) is 10.7. The van der Waals surface area contributed by atoms with E-state index in [0.29, 0.717) is 34.1 Å². The van der Waals surface area contributed by atoms with Gasteiger partial charge in [-0.2, -0.15) is 10.2 Å². The molecule has 2 aromatic rings. The van der Waals surface area contributed by atoms with Gasteiger partial charge in [0.25, 0.3) is 0 Å². The highest BCUT2D eigenvalue weighted by molar-refractivity contribution is 5.87. The van der Waals surface area contributed by atoms with E-state index in [9.17, 15) is 4.79 Å². The zero-order valence-electron chi connectivity index (χ0n) is 16.1. The third-order valence-electron chi connectivity index (χ3n) is 3.61. The average Bonchev–Trinajstić information content (AvgIpc) is 2.73. The number of carbonyl (C=O) groups excluding carboxylic acids is 1. The van der Waals surface area contributed by atoms with Crippen molar-refractivity contribution in [2.45, 2.75) is 0 Å². The van der Waals surface area contributed by atoms with Gasteiger partial charge in [-0.25, -0.2) is 15.6 Å². The maximum Gasteiger partial charge on any atom is 0.355 e. The molecule has 0 fully saturated rings. The Hall–Kier alpha value is -3.75. The zero-order chi connectivity index (χ0) is 20.4. The van der Waals surface area contributed by atoms with Crippen LogP contribution in [0.5, 0.6) is 23.0 Å². The number of nitrogens with one attached hydrogen (secondary N) is 2. The van der Waals surface area contributed by atoms with E-state index in [0.717, 1.165) is 0 Å². The molecule has 0 unspecified atom stereocenters. The summed E-state index contributed by atoms with van der Waals surface area (Å²) in [5.41, 5.74) is 5.91. The van der Waals surface area contributed by atoms with E-state index in [4.69, 9.17) is 18.9 Å². The van der Waals surface area contributed by atoms with Gasteiger partial charge in [0.05, 0.1) is 40.9 Å². The second kappa shape index (κ2) is 10.4. The molecule has 0 atom stereocenters. The summed E-state index contributed by atoms with van der Waals surface area (Å²) >= 11 is 0. The van der Waals surface area contributed by atoms with E-state index in [1.54, 1.807) is 64.8 Å². The number of amides is 2. The molecule has 0 aliphatic carbocycles. The predicted molar refractivity (Wildman–Crippen MR) is 106 cm³/mol. The fourth-order valence-corrected chi connectivity index (χ4v) is 2.23. The van der Waals surface area contributed by atoms with Gasteiger partial charge in [0.2, 0.25) is 0 Å². The molecule has 2 aromatic carbocycles. The topological polar surface area (TPSA) is 103 Å². The second-order valence-corrected chi connectivity index (χ2v) is 5.28. The molecule has 2 rings (SSSR count). The number of nitrogens with zero attached hydrogens (tertiary/aromatic N) is 2. The Labute approximate surface area is 162 Å². The highest BCUT2D eigenvalue weighted by Crippen LogP contribution is 2.23. The van der Waals surface area contributed by atoms with Crippen LogP contribution in [0, 0.1) is 0 Å². The van der Waals surface area contributed by atoms with E-state index in [1.807, 2.05) is 0 Å². The van der Waals surface area contributed by atoms with Crippen LogP contribution in [0.1, 0.15) is 11.1 Å². The fourth-order valence-electron chi connectivity index (χ4n) is 2.23. The van der Waals surface area contributed by atoms with Crippen LogP contribution in [0.2, 0.25) is 0 Å². The molecule has 0 saturated carbocycles. The Morgan fingerprint density at radius 2 is 1.18 bits per heavy atom. The van der Waals surface area contributed by atoms with Gasteiger partial charge in [-0.05, 0) is 36.4 Å². The molecule has 2 N–H and O–H groups in total. The average molecular weight is 386 g/mol. The van der Waals surface area contributed by atoms with Gasteiger partial charge in [-0.1, -0.05) is 0 Å². The molecule has 0 spiro atoms. The Balaban J connectivity index is 1.96. The van der Waals surface area contributed by atoms with E-state index in [-0.39, 0.29) is 0 Å². The summed E-state index contributed by atoms with van der Waals surface area (Å²) in [4.78, 5) is 11.8. The zero-order valence-corrected chi connectivity index (χ0v) is 16.1. The molecule has 0 saturated heterocycles. The van der Waals surface area contributed by atoms with Crippen LogP contribution >= 0.6 is 0 Å². The lowest BCUT2D eigenvalue weighted by Gasteiger charge is -2.07. The summed E-state index contributed by atoms with van der Waals surface area (Å²) in [6.07, 6.45) is 2.88. The molecular weight excluding hydrogens is 364 g/mol. The van der Waals surface area contributed by atoms with Crippen molar-refractivity contribution < 1.29 is 23.7 Å². The SMILES string of the molecule is COc1ccc(OC)c(C=NNC(=O)NN=Cc2cc(OC)ccc2OC)c1. The smallest absolute Gasteiger partial charge is 0.355 e. The minimum Gasteiger partial charge on any atom is -0.497 e. The maximum absolute atomic E-state index is 11.8. The molecule has 148 valence electrons. The molecule has 0 aromatic heterocycles. The summed E-state index contributed by atoms with van der Waals surface area (Å²) in [5.74, 6) is 2.47.